The maximum atomic E-state index is 13.2. The number of sulfone groups is 1. The molecule has 0 aliphatic carbocycles. The number of nitrogen functional groups attached to an aromatic ring is 1. The zero-order valence-electron chi connectivity index (χ0n) is 11.5. The lowest BCUT2D eigenvalue weighted by atomic mass is 10.1. The first kappa shape index (κ1) is 16.4. The fourth-order valence-corrected chi connectivity index (χ4v) is 2.68. The van der Waals surface area contributed by atoms with E-state index in [-0.39, 0.29) is 10.6 Å². The summed E-state index contributed by atoms with van der Waals surface area (Å²) >= 11 is 0. The lowest BCUT2D eigenvalue weighted by Gasteiger charge is -2.08. The van der Waals surface area contributed by atoms with Gasteiger partial charge in [-0.1, -0.05) is 13.8 Å². The van der Waals surface area contributed by atoms with Gasteiger partial charge in [0.05, 0.1) is 10.6 Å². The number of carbonyl (C=O) groups excluding carboxylic acids is 1. The van der Waals surface area contributed by atoms with Crippen molar-refractivity contribution in [3.8, 4) is 0 Å². The van der Waals surface area contributed by atoms with Crippen LogP contribution in [0.1, 0.15) is 20.3 Å². The van der Waals surface area contributed by atoms with Crippen molar-refractivity contribution in [1.29, 1.82) is 0 Å². The van der Waals surface area contributed by atoms with Gasteiger partial charge in [0.1, 0.15) is 11.6 Å². The minimum absolute atomic E-state index is 0.134. The number of carbonyl (C=O) groups is 1. The van der Waals surface area contributed by atoms with Crippen molar-refractivity contribution in [2.24, 2.45) is 5.92 Å². The molecule has 0 saturated carbocycles. The van der Waals surface area contributed by atoms with E-state index >= 15 is 0 Å². The van der Waals surface area contributed by atoms with E-state index in [4.69, 9.17) is 5.73 Å². The molecule has 112 valence electrons. The summed E-state index contributed by atoms with van der Waals surface area (Å²) in [5.74, 6) is -1.69. The van der Waals surface area contributed by atoms with Crippen molar-refractivity contribution >= 4 is 21.4 Å². The maximum absolute atomic E-state index is 13.2. The molecule has 5 nitrogen and oxygen atoms in total. The van der Waals surface area contributed by atoms with Gasteiger partial charge in [0.2, 0.25) is 5.91 Å². The highest BCUT2D eigenvalue weighted by Gasteiger charge is 2.20. The van der Waals surface area contributed by atoms with Gasteiger partial charge in [-0.2, -0.15) is 0 Å². The van der Waals surface area contributed by atoms with E-state index in [1.807, 2.05) is 13.8 Å². The van der Waals surface area contributed by atoms with Crippen molar-refractivity contribution in [3.05, 3.63) is 24.0 Å². The standard InChI is InChI=1S/C13H19FN2O3S/c1-9(2)5-6-16-13(17)8-20(18,19)10-3-4-12(15)11(14)7-10/h3-4,7,9H,5-6,8,15H2,1-2H3,(H,16,17). The zero-order chi connectivity index (χ0) is 15.3. The van der Waals surface area contributed by atoms with Crippen molar-refractivity contribution in [2.75, 3.05) is 18.0 Å². The Hall–Kier alpha value is -1.63. The highest BCUT2D eigenvalue weighted by atomic mass is 32.2. The number of amides is 1. The van der Waals surface area contributed by atoms with Crippen molar-refractivity contribution in [1.82, 2.24) is 5.32 Å². The summed E-state index contributed by atoms with van der Waals surface area (Å²) in [6.07, 6.45) is 0.766. The minimum atomic E-state index is -3.86. The van der Waals surface area contributed by atoms with Crippen LogP contribution in [0.2, 0.25) is 0 Å². The number of nitrogens with one attached hydrogen (secondary N) is 1. The third kappa shape index (κ3) is 4.80. The number of hydrogen-bond acceptors (Lipinski definition) is 4. The molecule has 1 aromatic carbocycles. The SMILES string of the molecule is CC(C)CCNC(=O)CS(=O)(=O)c1ccc(N)c(F)c1. The van der Waals surface area contributed by atoms with Gasteiger partial charge < -0.3 is 11.1 Å². The summed E-state index contributed by atoms with van der Waals surface area (Å²) in [6, 6.07) is 3.18. The Balaban J connectivity index is 2.69. The minimum Gasteiger partial charge on any atom is -0.396 e. The summed E-state index contributed by atoms with van der Waals surface area (Å²) in [7, 11) is -3.86. The van der Waals surface area contributed by atoms with Crippen LogP contribution in [0.3, 0.4) is 0 Å². The van der Waals surface area contributed by atoms with Crippen LogP contribution in [0.5, 0.6) is 0 Å². The molecule has 0 fully saturated rings. The topological polar surface area (TPSA) is 89.3 Å². The van der Waals surface area contributed by atoms with Gasteiger partial charge in [-0.25, -0.2) is 12.8 Å². The van der Waals surface area contributed by atoms with Crippen molar-refractivity contribution in [2.45, 2.75) is 25.2 Å². The number of nitrogens with two attached hydrogens (primary N) is 1. The van der Waals surface area contributed by atoms with Crippen LogP contribution in [0.15, 0.2) is 23.1 Å². The van der Waals surface area contributed by atoms with Gasteiger partial charge in [0.25, 0.3) is 0 Å². The highest BCUT2D eigenvalue weighted by molar-refractivity contribution is 7.92. The Labute approximate surface area is 118 Å². The molecule has 0 bridgehead atoms. The van der Waals surface area contributed by atoms with Crippen LogP contribution < -0.4 is 11.1 Å². The van der Waals surface area contributed by atoms with Crippen LogP contribution in [-0.4, -0.2) is 26.6 Å². The molecule has 0 aromatic heterocycles. The third-order valence-electron chi connectivity index (χ3n) is 2.70. The molecular formula is C13H19FN2O3S. The molecule has 1 amide bonds. The monoisotopic (exact) mass is 302 g/mol. The average molecular weight is 302 g/mol. The fourth-order valence-electron chi connectivity index (χ4n) is 1.51. The predicted molar refractivity (Wildman–Crippen MR) is 75.3 cm³/mol. The maximum Gasteiger partial charge on any atom is 0.235 e. The Kier molecular flexibility index (Phi) is 5.50. The second-order valence-electron chi connectivity index (χ2n) is 4.97. The second-order valence-corrected chi connectivity index (χ2v) is 6.96. The van der Waals surface area contributed by atoms with E-state index in [9.17, 15) is 17.6 Å². The fraction of sp³-hybridized carbons (Fsp3) is 0.462. The van der Waals surface area contributed by atoms with Gasteiger partial charge in [-0.3, -0.25) is 4.79 Å². The lowest BCUT2D eigenvalue weighted by Crippen LogP contribution is -2.31. The van der Waals surface area contributed by atoms with Gasteiger partial charge >= 0.3 is 0 Å². The highest BCUT2D eigenvalue weighted by Crippen LogP contribution is 2.17. The molecule has 0 spiro atoms. The Morgan fingerprint density at radius 2 is 2.05 bits per heavy atom. The Morgan fingerprint density at radius 3 is 2.60 bits per heavy atom. The predicted octanol–water partition coefficient (Wildman–Crippen LogP) is 1.34. The number of halogens is 1. The summed E-state index contributed by atoms with van der Waals surface area (Å²) in [5, 5.41) is 2.53. The molecule has 1 rings (SSSR count). The number of anilines is 1. The van der Waals surface area contributed by atoms with Crippen LogP contribution in [-0.2, 0) is 14.6 Å². The first-order chi connectivity index (χ1) is 9.22. The normalized spacial score (nSPS) is 11.6. The van der Waals surface area contributed by atoms with E-state index in [1.165, 1.54) is 12.1 Å². The van der Waals surface area contributed by atoms with Gasteiger partial charge in [0, 0.05) is 6.54 Å². The zero-order valence-corrected chi connectivity index (χ0v) is 12.3. The number of hydrogen-bond donors (Lipinski definition) is 2. The molecule has 0 radical (unpaired) electrons. The number of benzene rings is 1. The third-order valence-corrected chi connectivity index (χ3v) is 4.31. The molecule has 20 heavy (non-hydrogen) atoms. The Morgan fingerprint density at radius 1 is 1.40 bits per heavy atom. The van der Waals surface area contributed by atoms with Crippen LogP contribution in [0.25, 0.3) is 0 Å². The first-order valence-electron chi connectivity index (χ1n) is 6.27. The quantitative estimate of drug-likeness (QED) is 0.776. The summed E-state index contributed by atoms with van der Waals surface area (Å²) in [4.78, 5) is 11.3. The first-order valence-corrected chi connectivity index (χ1v) is 7.92. The van der Waals surface area contributed by atoms with Gasteiger partial charge in [-0.15, -0.1) is 0 Å². The summed E-state index contributed by atoms with van der Waals surface area (Å²) < 4.78 is 37.1. The molecule has 3 N–H and O–H groups in total. The van der Waals surface area contributed by atoms with Crippen LogP contribution in [0, 0.1) is 11.7 Å². The molecule has 0 heterocycles. The second kappa shape index (κ2) is 6.69. The largest absolute Gasteiger partial charge is 0.396 e. The van der Waals surface area contributed by atoms with E-state index in [2.05, 4.69) is 5.32 Å². The molecule has 0 unspecified atom stereocenters. The van der Waals surface area contributed by atoms with E-state index in [0.29, 0.717) is 12.5 Å². The lowest BCUT2D eigenvalue weighted by molar-refractivity contribution is -0.118. The van der Waals surface area contributed by atoms with E-state index < -0.39 is 27.3 Å². The molecule has 1 aromatic rings. The van der Waals surface area contributed by atoms with Crippen molar-refractivity contribution in [3.63, 3.8) is 0 Å². The number of rotatable bonds is 6. The molecule has 0 aliphatic rings. The van der Waals surface area contributed by atoms with Gasteiger partial charge in [-0.05, 0) is 30.5 Å². The summed E-state index contributed by atoms with van der Waals surface area (Å²) in [5.41, 5.74) is 5.14. The molecule has 0 aliphatic heterocycles. The van der Waals surface area contributed by atoms with Crippen LogP contribution >= 0.6 is 0 Å². The van der Waals surface area contributed by atoms with Crippen LogP contribution in [0.4, 0.5) is 10.1 Å². The van der Waals surface area contributed by atoms with Gasteiger partial charge in [0.15, 0.2) is 9.84 Å². The molecule has 0 saturated heterocycles. The Bertz CT molecular complexity index is 585. The smallest absolute Gasteiger partial charge is 0.235 e. The molecule has 7 heteroatoms. The van der Waals surface area contributed by atoms with E-state index in [1.54, 1.807) is 0 Å². The molecule has 0 atom stereocenters. The average Bonchev–Trinajstić information content (AvgIpc) is 2.31. The van der Waals surface area contributed by atoms with E-state index in [0.717, 1.165) is 12.5 Å². The van der Waals surface area contributed by atoms with Crippen molar-refractivity contribution < 1.29 is 17.6 Å². The summed E-state index contributed by atoms with van der Waals surface area (Å²) in [6.45, 7) is 4.42. The molecular weight excluding hydrogens is 283 g/mol.